The standard InChI is InChI=1S/C18H27N3O2Si/c1-24(2,3)7-6-22-13-20-5-4-14-8-15(10-19-18(14)20)21-11-17-9-16(21)12-23-17/h4-5,8,10,16-17H,6-7,9,11-13H2,1-3H3. The maximum Gasteiger partial charge on any atom is 0.141 e. The van der Waals surface area contributed by atoms with Gasteiger partial charge in [0.2, 0.25) is 0 Å². The van der Waals surface area contributed by atoms with Crippen LogP contribution >= 0.6 is 0 Å². The Hall–Kier alpha value is -1.37. The lowest BCUT2D eigenvalue weighted by molar-refractivity contribution is 0.0899. The summed E-state index contributed by atoms with van der Waals surface area (Å²) >= 11 is 0. The first-order chi connectivity index (χ1) is 11.5. The molecule has 4 heterocycles. The van der Waals surface area contributed by atoms with Crippen LogP contribution in [0, 0.1) is 0 Å². The monoisotopic (exact) mass is 345 g/mol. The molecule has 2 fully saturated rings. The summed E-state index contributed by atoms with van der Waals surface area (Å²) in [5.74, 6) is 0. The molecule has 0 aromatic carbocycles. The number of hydrogen-bond acceptors (Lipinski definition) is 4. The normalized spacial score (nSPS) is 23.5. The maximum atomic E-state index is 5.86. The van der Waals surface area contributed by atoms with E-state index in [1.165, 1.54) is 17.1 Å². The fraction of sp³-hybridized carbons (Fsp3) is 0.611. The van der Waals surface area contributed by atoms with Crippen molar-refractivity contribution in [2.75, 3.05) is 24.7 Å². The van der Waals surface area contributed by atoms with Crippen LogP contribution in [0.4, 0.5) is 5.69 Å². The molecular formula is C18H27N3O2Si. The number of ether oxygens (including phenoxy) is 2. The van der Waals surface area contributed by atoms with Gasteiger partial charge in [0.25, 0.3) is 0 Å². The molecule has 2 unspecified atom stereocenters. The number of aromatic nitrogens is 2. The van der Waals surface area contributed by atoms with E-state index < -0.39 is 8.07 Å². The highest BCUT2D eigenvalue weighted by Crippen LogP contribution is 2.33. The van der Waals surface area contributed by atoms with Crippen LogP contribution in [0.25, 0.3) is 11.0 Å². The zero-order valence-electron chi connectivity index (χ0n) is 14.9. The van der Waals surface area contributed by atoms with Gasteiger partial charge in [-0.2, -0.15) is 0 Å². The highest BCUT2D eigenvalue weighted by Gasteiger charge is 2.39. The lowest BCUT2D eigenvalue weighted by Gasteiger charge is -2.28. The van der Waals surface area contributed by atoms with E-state index in [0.29, 0.717) is 18.9 Å². The Morgan fingerprint density at radius 2 is 2.25 bits per heavy atom. The number of anilines is 1. The first-order valence-corrected chi connectivity index (χ1v) is 12.6. The van der Waals surface area contributed by atoms with Crippen LogP contribution in [0.5, 0.6) is 0 Å². The second kappa shape index (κ2) is 6.17. The summed E-state index contributed by atoms with van der Waals surface area (Å²) in [5.41, 5.74) is 2.23. The lowest BCUT2D eigenvalue weighted by Crippen LogP contribution is -2.36. The van der Waals surface area contributed by atoms with Crippen LogP contribution in [-0.2, 0) is 16.2 Å². The molecule has 0 N–H and O–H groups in total. The first-order valence-electron chi connectivity index (χ1n) is 8.90. The summed E-state index contributed by atoms with van der Waals surface area (Å²) in [6.45, 7) is 10.4. The number of rotatable bonds is 6. The van der Waals surface area contributed by atoms with Gasteiger partial charge >= 0.3 is 0 Å². The third kappa shape index (κ3) is 3.23. The van der Waals surface area contributed by atoms with Crippen LogP contribution in [0.3, 0.4) is 0 Å². The minimum Gasteiger partial charge on any atom is -0.374 e. The summed E-state index contributed by atoms with van der Waals surface area (Å²) in [5, 5.41) is 1.19. The Kier molecular flexibility index (Phi) is 4.14. The minimum atomic E-state index is -1.03. The van der Waals surface area contributed by atoms with Gasteiger partial charge in [-0.05, 0) is 24.6 Å². The molecule has 0 aliphatic carbocycles. The van der Waals surface area contributed by atoms with Crippen LogP contribution in [0.2, 0.25) is 25.7 Å². The van der Waals surface area contributed by atoms with Gasteiger partial charge in [0, 0.05) is 32.8 Å². The molecule has 2 aromatic heterocycles. The minimum absolute atomic E-state index is 0.412. The van der Waals surface area contributed by atoms with Crippen molar-refractivity contribution in [3.63, 3.8) is 0 Å². The lowest BCUT2D eigenvalue weighted by atomic mass is 10.2. The molecule has 5 nitrogen and oxygen atoms in total. The molecule has 2 aliphatic rings. The van der Waals surface area contributed by atoms with Gasteiger partial charge in [-0.15, -0.1) is 0 Å². The number of morpholine rings is 1. The summed E-state index contributed by atoms with van der Waals surface area (Å²) in [6.07, 6.45) is 5.65. The molecule has 2 saturated heterocycles. The fourth-order valence-corrected chi connectivity index (χ4v) is 4.34. The summed E-state index contributed by atoms with van der Waals surface area (Å²) in [7, 11) is -1.03. The smallest absolute Gasteiger partial charge is 0.141 e. The molecule has 0 saturated carbocycles. The van der Waals surface area contributed by atoms with E-state index in [1.807, 2.05) is 6.20 Å². The zero-order valence-corrected chi connectivity index (χ0v) is 15.9. The zero-order chi connectivity index (χ0) is 16.7. The second-order valence-electron chi connectivity index (χ2n) is 8.24. The predicted octanol–water partition coefficient (Wildman–Crippen LogP) is 3.33. The number of pyridine rings is 1. The van der Waals surface area contributed by atoms with Gasteiger partial charge in [0.1, 0.15) is 12.4 Å². The van der Waals surface area contributed by atoms with Gasteiger partial charge in [-0.25, -0.2) is 4.98 Å². The second-order valence-corrected chi connectivity index (χ2v) is 13.9. The van der Waals surface area contributed by atoms with Gasteiger partial charge in [0.05, 0.1) is 30.6 Å². The highest BCUT2D eigenvalue weighted by molar-refractivity contribution is 6.76. The van der Waals surface area contributed by atoms with Crippen molar-refractivity contribution in [1.29, 1.82) is 0 Å². The van der Waals surface area contributed by atoms with Crippen LogP contribution in [0.1, 0.15) is 6.42 Å². The average Bonchev–Trinajstić information content (AvgIpc) is 3.25. The molecule has 2 aromatic rings. The molecular weight excluding hydrogens is 318 g/mol. The Morgan fingerprint density at radius 1 is 1.38 bits per heavy atom. The molecule has 0 spiro atoms. The van der Waals surface area contributed by atoms with Gasteiger partial charge in [0.15, 0.2) is 0 Å². The fourth-order valence-electron chi connectivity index (χ4n) is 3.58. The Bertz CT molecular complexity index is 725. The van der Waals surface area contributed by atoms with E-state index in [0.717, 1.165) is 31.8 Å². The number of fused-ring (bicyclic) bond motifs is 3. The van der Waals surface area contributed by atoms with Gasteiger partial charge < -0.3 is 18.9 Å². The molecule has 2 aliphatic heterocycles. The molecule has 2 bridgehead atoms. The van der Waals surface area contributed by atoms with Crippen LogP contribution in [-0.4, -0.2) is 49.5 Å². The Labute approximate surface area is 144 Å². The average molecular weight is 346 g/mol. The van der Waals surface area contributed by atoms with Crippen molar-refractivity contribution >= 4 is 24.8 Å². The van der Waals surface area contributed by atoms with Crippen molar-refractivity contribution in [2.45, 2.75) is 51.0 Å². The SMILES string of the molecule is C[Si](C)(C)CCOCn1ccc2cc(N3CC4CC3CO4)cnc21. The molecule has 24 heavy (non-hydrogen) atoms. The van der Waals surface area contributed by atoms with Crippen molar-refractivity contribution in [3.05, 3.63) is 24.5 Å². The van der Waals surface area contributed by atoms with Crippen molar-refractivity contribution < 1.29 is 9.47 Å². The van der Waals surface area contributed by atoms with E-state index in [-0.39, 0.29) is 0 Å². The van der Waals surface area contributed by atoms with E-state index in [4.69, 9.17) is 14.5 Å². The van der Waals surface area contributed by atoms with Crippen LogP contribution in [0.15, 0.2) is 24.5 Å². The largest absolute Gasteiger partial charge is 0.374 e. The predicted molar refractivity (Wildman–Crippen MR) is 99.3 cm³/mol. The number of nitrogens with zero attached hydrogens (tertiary/aromatic N) is 3. The molecule has 2 atom stereocenters. The van der Waals surface area contributed by atoms with Crippen molar-refractivity contribution in [3.8, 4) is 0 Å². The molecule has 0 radical (unpaired) electrons. The Morgan fingerprint density at radius 3 is 2.96 bits per heavy atom. The van der Waals surface area contributed by atoms with E-state index >= 15 is 0 Å². The summed E-state index contributed by atoms with van der Waals surface area (Å²) in [6, 6.07) is 6.12. The van der Waals surface area contributed by atoms with Crippen LogP contribution < -0.4 is 4.90 Å². The summed E-state index contributed by atoms with van der Waals surface area (Å²) in [4.78, 5) is 7.15. The molecule has 130 valence electrons. The third-order valence-electron chi connectivity index (χ3n) is 5.05. The van der Waals surface area contributed by atoms with E-state index in [9.17, 15) is 0 Å². The maximum absolute atomic E-state index is 5.86. The van der Waals surface area contributed by atoms with Crippen molar-refractivity contribution in [1.82, 2.24) is 9.55 Å². The van der Waals surface area contributed by atoms with Crippen molar-refractivity contribution in [2.24, 2.45) is 0 Å². The molecule has 6 heteroatoms. The van der Waals surface area contributed by atoms with E-state index in [1.54, 1.807) is 0 Å². The van der Waals surface area contributed by atoms with Gasteiger partial charge in [-0.1, -0.05) is 19.6 Å². The highest BCUT2D eigenvalue weighted by atomic mass is 28.3. The quantitative estimate of drug-likeness (QED) is 0.595. The topological polar surface area (TPSA) is 39.5 Å². The number of hydrogen-bond donors (Lipinski definition) is 0. The summed E-state index contributed by atoms with van der Waals surface area (Å²) < 4.78 is 13.7. The van der Waals surface area contributed by atoms with E-state index in [2.05, 4.69) is 47.4 Å². The molecule has 0 amide bonds. The first kappa shape index (κ1) is 16.1. The molecule has 4 rings (SSSR count). The third-order valence-corrected chi connectivity index (χ3v) is 6.75. The Balaban J connectivity index is 1.43. The van der Waals surface area contributed by atoms with Gasteiger partial charge in [-0.3, -0.25) is 0 Å².